The van der Waals surface area contributed by atoms with Crippen molar-refractivity contribution in [2.75, 3.05) is 26.7 Å². The van der Waals surface area contributed by atoms with Crippen LogP contribution in [0.2, 0.25) is 0 Å². The van der Waals surface area contributed by atoms with Gasteiger partial charge in [0.25, 0.3) is 5.91 Å². The monoisotopic (exact) mass is 287 g/mol. The SMILES string of the molecule is CNC(=O)c1ccc(C=CC(=O)N2CCNC(C)C2)cc1. The summed E-state index contributed by atoms with van der Waals surface area (Å²) in [5, 5.41) is 5.88. The summed E-state index contributed by atoms with van der Waals surface area (Å²) in [7, 11) is 1.60. The van der Waals surface area contributed by atoms with Gasteiger partial charge in [0.1, 0.15) is 0 Å². The van der Waals surface area contributed by atoms with Gasteiger partial charge in [0.05, 0.1) is 0 Å². The summed E-state index contributed by atoms with van der Waals surface area (Å²) in [5.74, 6) is -0.0878. The van der Waals surface area contributed by atoms with Gasteiger partial charge < -0.3 is 15.5 Å². The van der Waals surface area contributed by atoms with Gasteiger partial charge in [-0.15, -0.1) is 0 Å². The van der Waals surface area contributed by atoms with Crippen molar-refractivity contribution in [3.05, 3.63) is 41.5 Å². The Morgan fingerprint density at radius 2 is 2.05 bits per heavy atom. The lowest BCUT2D eigenvalue weighted by atomic mass is 10.1. The highest BCUT2D eigenvalue weighted by Gasteiger charge is 2.18. The van der Waals surface area contributed by atoms with Gasteiger partial charge in [-0.2, -0.15) is 0 Å². The zero-order valence-corrected chi connectivity index (χ0v) is 12.4. The molecule has 2 N–H and O–H groups in total. The average molecular weight is 287 g/mol. The smallest absolute Gasteiger partial charge is 0.251 e. The van der Waals surface area contributed by atoms with E-state index in [0.29, 0.717) is 11.6 Å². The van der Waals surface area contributed by atoms with Gasteiger partial charge in [-0.05, 0) is 30.7 Å². The van der Waals surface area contributed by atoms with E-state index >= 15 is 0 Å². The standard InChI is InChI=1S/C16H21N3O2/c1-12-11-19(10-9-18-12)15(20)8-5-13-3-6-14(7-4-13)16(21)17-2/h3-8,12,18H,9-11H2,1-2H3,(H,17,21). The van der Waals surface area contributed by atoms with Crippen LogP contribution in [0.15, 0.2) is 30.3 Å². The number of piperazine rings is 1. The van der Waals surface area contributed by atoms with Crippen LogP contribution in [-0.2, 0) is 4.79 Å². The van der Waals surface area contributed by atoms with Gasteiger partial charge in [-0.25, -0.2) is 0 Å². The zero-order valence-electron chi connectivity index (χ0n) is 12.4. The summed E-state index contributed by atoms with van der Waals surface area (Å²) >= 11 is 0. The number of nitrogens with one attached hydrogen (secondary N) is 2. The Morgan fingerprint density at radius 1 is 1.33 bits per heavy atom. The summed E-state index contributed by atoms with van der Waals surface area (Å²) in [4.78, 5) is 25.4. The first-order valence-corrected chi connectivity index (χ1v) is 7.12. The molecule has 1 aromatic carbocycles. The highest BCUT2D eigenvalue weighted by Crippen LogP contribution is 2.07. The molecule has 21 heavy (non-hydrogen) atoms. The molecule has 1 heterocycles. The van der Waals surface area contributed by atoms with Gasteiger partial charge in [-0.3, -0.25) is 9.59 Å². The van der Waals surface area contributed by atoms with E-state index in [1.807, 2.05) is 17.0 Å². The average Bonchev–Trinajstić information content (AvgIpc) is 2.52. The first kappa shape index (κ1) is 15.3. The van der Waals surface area contributed by atoms with Gasteiger partial charge in [0.15, 0.2) is 0 Å². The van der Waals surface area contributed by atoms with Crippen LogP contribution in [0, 0.1) is 0 Å². The van der Waals surface area contributed by atoms with E-state index in [0.717, 1.165) is 25.2 Å². The molecule has 1 aliphatic rings. The Bertz CT molecular complexity index is 537. The van der Waals surface area contributed by atoms with Crippen LogP contribution < -0.4 is 10.6 Å². The fourth-order valence-corrected chi connectivity index (χ4v) is 2.30. The molecule has 1 atom stereocenters. The molecule has 1 fully saturated rings. The second-order valence-electron chi connectivity index (χ2n) is 5.17. The van der Waals surface area contributed by atoms with Crippen LogP contribution in [0.3, 0.4) is 0 Å². The third-order valence-corrected chi connectivity index (χ3v) is 3.50. The van der Waals surface area contributed by atoms with Crippen molar-refractivity contribution in [2.45, 2.75) is 13.0 Å². The maximum atomic E-state index is 12.1. The van der Waals surface area contributed by atoms with Crippen molar-refractivity contribution in [1.29, 1.82) is 0 Å². The summed E-state index contributed by atoms with van der Waals surface area (Å²) < 4.78 is 0. The number of carbonyl (C=O) groups excluding carboxylic acids is 2. The molecule has 0 spiro atoms. The molecule has 0 bridgehead atoms. The summed E-state index contributed by atoms with van der Waals surface area (Å²) in [6, 6.07) is 7.48. The number of carbonyl (C=O) groups is 2. The molecule has 1 saturated heterocycles. The number of rotatable bonds is 3. The Labute approximate surface area is 125 Å². The second-order valence-corrected chi connectivity index (χ2v) is 5.17. The van der Waals surface area contributed by atoms with Crippen LogP contribution in [0.4, 0.5) is 0 Å². The number of amides is 2. The predicted molar refractivity (Wildman–Crippen MR) is 82.9 cm³/mol. The van der Waals surface area contributed by atoms with E-state index < -0.39 is 0 Å². The van der Waals surface area contributed by atoms with Crippen LogP contribution in [0.5, 0.6) is 0 Å². The summed E-state index contributed by atoms with van der Waals surface area (Å²) in [6.45, 7) is 4.38. The Kier molecular flexibility index (Phi) is 5.11. The van der Waals surface area contributed by atoms with Gasteiger partial charge in [0, 0.05) is 44.4 Å². The first-order valence-electron chi connectivity index (χ1n) is 7.12. The fourth-order valence-electron chi connectivity index (χ4n) is 2.30. The Balaban J connectivity index is 1.97. The maximum absolute atomic E-state index is 12.1. The van der Waals surface area contributed by atoms with Crippen LogP contribution >= 0.6 is 0 Å². The normalized spacial score (nSPS) is 18.8. The molecular weight excluding hydrogens is 266 g/mol. The fraction of sp³-hybridized carbons (Fsp3) is 0.375. The van der Waals surface area contributed by atoms with Crippen LogP contribution in [-0.4, -0.2) is 49.4 Å². The minimum Gasteiger partial charge on any atom is -0.355 e. The van der Waals surface area contributed by atoms with E-state index in [2.05, 4.69) is 17.6 Å². The van der Waals surface area contributed by atoms with Gasteiger partial charge >= 0.3 is 0 Å². The van der Waals surface area contributed by atoms with Crippen LogP contribution in [0.1, 0.15) is 22.8 Å². The van der Waals surface area contributed by atoms with Crippen molar-refractivity contribution < 1.29 is 9.59 Å². The third kappa shape index (κ3) is 4.16. The number of benzene rings is 1. The molecule has 2 rings (SSSR count). The Hall–Kier alpha value is -2.14. The molecule has 5 nitrogen and oxygen atoms in total. The Morgan fingerprint density at radius 3 is 2.67 bits per heavy atom. The van der Waals surface area contributed by atoms with E-state index in [4.69, 9.17) is 0 Å². The van der Waals surface area contributed by atoms with Gasteiger partial charge in [-0.1, -0.05) is 12.1 Å². The maximum Gasteiger partial charge on any atom is 0.251 e. The molecule has 1 unspecified atom stereocenters. The minimum absolute atomic E-state index is 0.0266. The zero-order chi connectivity index (χ0) is 15.2. The van der Waals surface area contributed by atoms with E-state index in [9.17, 15) is 9.59 Å². The lowest BCUT2D eigenvalue weighted by molar-refractivity contribution is -0.127. The number of hydrogen-bond acceptors (Lipinski definition) is 3. The predicted octanol–water partition coefficient (Wildman–Crippen LogP) is 0.880. The molecular formula is C16H21N3O2. The molecule has 2 amide bonds. The molecule has 112 valence electrons. The first-order chi connectivity index (χ1) is 10.1. The highest BCUT2D eigenvalue weighted by molar-refractivity contribution is 5.94. The molecule has 5 heteroatoms. The minimum atomic E-state index is -0.114. The lowest BCUT2D eigenvalue weighted by Gasteiger charge is -2.31. The van der Waals surface area contributed by atoms with Gasteiger partial charge in [0.2, 0.25) is 5.91 Å². The van der Waals surface area contributed by atoms with Crippen molar-refractivity contribution in [3.63, 3.8) is 0 Å². The molecule has 0 saturated carbocycles. The third-order valence-electron chi connectivity index (χ3n) is 3.50. The largest absolute Gasteiger partial charge is 0.355 e. The topological polar surface area (TPSA) is 61.4 Å². The molecule has 0 aromatic heterocycles. The van der Waals surface area contributed by atoms with Crippen molar-refractivity contribution >= 4 is 17.9 Å². The van der Waals surface area contributed by atoms with E-state index in [-0.39, 0.29) is 11.8 Å². The second kappa shape index (κ2) is 7.04. The molecule has 0 aliphatic carbocycles. The molecule has 1 aromatic rings. The summed E-state index contributed by atoms with van der Waals surface area (Å²) in [5.41, 5.74) is 1.51. The van der Waals surface area contributed by atoms with Crippen molar-refractivity contribution in [1.82, 2.24) is 15.5 Å². The molecule has 0 radical (unpaired) electrons. The van der Waals surface area contributed by atoms with Crippen molar-refractivity contribution in [3.8, 4) is 0 Å². The van der Waals surface area contributed by atoms with Crippen LogP contribution in [0.25, 0.3) is 6.08 Å². The lowest BCUT2D eigenvalue weighted by Crippen LogP contribution is -2.50. The van der Waals surface area contributed by atoms with Crippen molar-refractivity contribution in [2.24, 2.45) is 0 Å². The quantitative estimate of drug-likeness (QED) is 0.811. The molecule has 1 aliphatic heterocycles. The van der Waals surface area contributed by atoms with E-state index in [1.54, 1.807) is 31.3 Å². The number of hydrogen-bond donors (Lipinski definition) is 2. The highest BCUT2D eigenvalue weighted by atomic mass is 16.2. The summed E-state index contributed by atoms with van der Waals surface area (Å²) in [6.07, 6.45) is 3.37. The number of nitrogens with zero attached hydrogens (tertiary/aromatic N) is 1. The van der Waals surface area contributed by atoms with E-state index in [1.165, 1.54) is 0 Å².